The van der Waals surface area contributed by atoms with Gasteiger partial charge in [0.1, 0.15) is 6.07 Å². The summed E-state index contributed by atoms with van der Waals surface area (Å²) in [6.45, 7) is 0. The lowest BCUT2D eigenvalue weighted by molar-refractivity contribution is 0.763. The molecule has 0 aliphatic carbocycles. The SMILES string of the molecule is Cn1cc(-c2cncs2)c(C#N)n1. The minimum atomic E-state index is 0.451. The highest BCUT2D eigenvalue weighted by molar-refractivity contribution is 7.13. The highest BCUT2D eigenvalue weighted by Gasteiger charge is 2.09. The van der Waals surface area contributed by atoms with Crippen molar-refractivity contribution >= 4 is 11.3 Å². The topological polar surface area (TPSA) is 54.5 Å². The smallest absolute Gasteiger partial charge is 0.171 e. The summed E-state index contributed by atoms with van der Waals surface area (Å²) in [5.74, 6) is 0. The maximum Gasteiger partial charge on any atom is 0.171 e. The van der Waals surface area contributed by atoms with Crippen LogP contribution in [0.5, 0.6) is 0 Å². The molecule has 64 valence electrons. The molecule has 4 nitrogen and oxygen atoms in total. The van der Waals surface area contributed by atoms with Crippen molar-refractivity contribution in [2.75, 3.05) is 0 Å². The van der Waals surface area contributed by atoms with Gasteiger partial charge in [0.25, 0.3) is 0 Å². The molecule has 0 aliphatic heterocycles. The van der Waals surface area contributed by atoms with Gasteiger partial charge < -0.3 is 0 Å². The van der Waals surface area contributed by atoms with Gasteiger partial charge in [-0.3, -0.25) is 9.67 Å². The molecule has 0 amide bonds. The van der Waals surface area contributed by atoms with Gasteiger partial charge in [-0.2, -0.15) is 10.4 Å². The number of nitrogens with zero attached hydrogens (tertiary/aromatic N) is 4. The van der Waals surface area contributed by atoms with E-state index in [-0.39, 0.29) is 0 Å². The van der Waals surface area contributed by atoms with Gasteiger partial charge in [-0.25, -0.2) is 0 Å². The third-order valence-electron chi connectivity index (χ3n) is 1.63. The summed E-state index contributed by atoms with van der Waals surface area (Å²) in [6, 6.07) is 2.05. The zero-order chi connectivity index (χ0) is 9.26. The van der Waals surface area contributed by atoms with Crippen LogP contribution in [0.4, 0.5) is 0 Å². The van der Waals surface area contributed by atoms with Crippen molar-refractivity contribution in [1.82, 2.24) is 14.8 Å². The first-order chi connectivity index (χ1) is 6.31. The van der Waals surface area contributed by atoms with Crippen LogP contribution in [0, 0.1) is 11.3 Å². The van der Waals surface area contributed by atoms with Crippen molar-refractivity contribution in [2.24, 2.45) is 7.05 Å². The molecule has 0 aliphatic rings. The zero-order valence-electron chi connectivity index (χ0n) is 6.93. The Morgan fingerprint density at radius 3 is 3.08 bits per heavy atom. The summed E-state index contributed by atoms with van der Waals surface area (Å²) in [5.41, 5.74) is 3.04. The van der Waals surface area contributed by atoms with Crippen molar-refractivity contribution in [2.45, 2.75) is 0 Å². The fraction of sp³-hybridized carbons (Fsp3) is 0.125. The maximum absolute atomic E-state index is 8.79. The second kappa shape index (κ2) is 2.99. The average molecular weight is 190 g/mol. The van der Waals surface area contributed by atoms with E-state index in [9.17, 15) is 0 Å². The van der Waals surface area contributed by atoms with Crippen LogP contribution in [-0.4, -0.2) is 14.8 Å². The van der Waals surface area contributed by atoms with Gasteiger partial charge in [0.05, 0.1) is 10.4 Å². The van der Waals surface area contributed by atoms with Crippen molar-refractivity contribution in [3.8, 4) is 16.5 Å². The van der Waals surface area contributed by atoms with Gasteiger partial charge in [0, 0.05) is 25.0 Å². The summed E-state index contributed by atoms with van der Waals surface area (Å²) >= 11 is 1.50. The van der Waals surface area contributed by atoms with Gasteiger partial charge in [0.2, 0.25) is 0 Å². The molecule has 13 heavy (non-hydrogen) atoms. The first-order valence-corrected chi connectivity index (χ1v) is 4.52. The summed E-state index contributed by atoms with van der Waals surface area (Å²) in [7, 11) is 1.80. The molecule has 0 fully saturated rings. The monoisotopic (exact) mass is 190 g/mol. The van der Waals surface area contributed by atoms with E-state index < -0.39 is 0 Å². The molecule has 2 aromatic rings. The summed E-state index contributed by atoms with van der Waals surface area (Å²) in [5, 5.41) is 12.8. The molecule has 0 saturated heterocycles. The van der Waals surface area contributed by atoms with Crippen LogP contribution in [0.1, 0.15) is 5.69 Å². The van der Waals surface area contributed by atoms with Crippen LogP contribution in [0.15, 0.2) is 17.9 Å². The van der Waals surface area contributed by atoms with Gasteiger partial charge in [-0.15, -0.1) is 11.3 Å². The molecule has 0 unspecified atom stereocenters. The number of nitriles is 1. The van der Waals surface area contributed by atoms with Gasteiger partial charge in [-0.05, 0) is 0 Å². The molecule has 0 saturated carbocycles. The molecule has 5 heteroatoms. The second-order valence-electron chi connectivity index (χ2n) is 2.54. The van der Waals surface area contributed by atoms with Gasteiger partial charge >= 0.3 is 0 Å². The average Bonchev–Trinajstić information content (AvgIpc) is 2.71. The number of hydrogen-bond acceptors (Lipinski definition) is 4. The Hall–Kier alpha value is -1.67. The molecular weight excluding hydrogens is 184 g/mol. The standard InChI is InChI=1S/C8H6N4S/c1-12-4-6(7(2-9)11-12)8-3-10-5-13-8/h3-5H,1H3. The third kappa shape index (κ3) is 1.32. The van der Waals surface area contributed by atoms with E-state index in [4.69, 9.17) is 5.26 Å². The molecule has 2 heterocycles. The Morgan fingerprint density at radius 2 is 2.46 bits per heavy atom. The predicted octanol–water partition coefficient (Wildman–Crippen LogP) is 1.42. The van der Waals surface area contributed by atoms with Crippen LogP contribution in [0.3, 0.4) is 0 Å². The Morgan fingerprint density at radius 1 is 1.62 bits per heavy atom. The first kappa shape index (κ1) is 7.95. The fourth-order valence-electron chi connectivity index (χ4n) is 1.10. The normalized spacial score (nSPS) is 9.85. The number of thiazole rings is 1. The van der Waals surface area contributed by atoms with E-state index in [1.165, 1.54) is 11.3 Å². The van der Waals surface area contributed by atoms with E-state index in [0.717, 1.165) is 10.4 Å². The molecule has 0 atom stereocenters. The van der Waals surface area contributed by atoms with Crippen molar-refractivity contribution in [3.05, 3.63) is 23.6 Å². The van der Waals surface area contributed by atoms with Gasteiger partial charge in [0.15, 0.2) is 5.69 Å². The van der Waals surface area contributed by atoms with E-state index in [1.54, 1.807) is 23.4 Å². The van der Waals surface area contributed by atoms with E-state index in [1.807, 2.05) is 6.20 Å². The predicted molar refractivity (Wildman–Crippen MR) is 49.0 cm³/mol. The lowest BCUT2D eigenvalue weighted by atomic mass is 10.2. The lowest BCUT2D eigenvalue weighted by Crippen LogP contribution is -1.86. The molecule has 2 aromatic heterocycles. The summed E-state index contributed by atoms with van der Waals surface area (Å²) in [6.07, 6.45) is 3.56. The summed E-state index contributed by atoms with van der Waals surface area (Å²) in [4.78, 5) is 4.93. The number of aryl methyl sites for hydroxylation is 1. The number of aromatic nitrogens is 3. The Labute approximate surface area is 79.1 Å². The van der Waals surface area contributed by atoms with Crippen LogP contribution in [0.25, 0.3) is 10.4 Å². The Bertz CT molecular complexity index is 449. The molecule has 0 bridgehead atoms. The highest BCUT2D eigenvalue weighted by atomic mass is 32.1. The van der Waals surface area contributed by atoms with Gasteiger partial charge in [-0.1, -0.05) is 0 Å². The lowest BCUT2D eigenvalue weighted by Gasteiger charge is -1.86. The fourth-order valence-corrected chi connectivity index (χ4v) is 1.73. The first-order valence-electron chi connectivity index (χ1n) is 3.64. The summed E-state index contributed by atoms with van der Waals surface area (Å²) < 4.78 is 1.63. The molecular formula is C8H6N4S. The van der Waals surface area contributed by atoms with Crippen molar-refractivity contribution in [3.63, 3.8) is 0 Å². The van der Waals surface area contributed by atoms with E-state index in [2.05, 4.69) is 16.2 Å². The quantitative estimate of drug-likeness (QED) is 0.683. The molecule has 0 radical (unpaired) electrons. The number of rotatable bonds is 1. The van der Waals surface area contributed by atoms with Crippen LogP contribution in [-0.2, 0) is 7.05 Å². The van der Waals surface area contributed by atoms with Crippen molar-refractivity contribution in [1.29, 1.82) is 5.26 Å². The highest BCUT2D eigenvalue weighted by Crippen LogP contribution is 2.25. The van der Waals surface area contributed by atoms with Crippen molar-refractivity contribution < 1.29 is 0 Å². The zero-order valence-corrected chi connectivity index (χ0v) is 7.75. The minimum Gasteiger partial charge on any atom is -0.274 e. The Balaban J connectivity index is 2.59. The van der Waals surface area contributed by atoms with E-state index >= 15 is 0 Å². The van der Waals surface area contributed by atoms with Crippen LogP contribution >= 0.6 is 11.3 Å². The third-order valence-corrected chi connectivity index (χ3v) is 2.44. The number of hydrogen-bond donors (Lipinski definition) is 0. The largest absolute Gasteiger partial charge is 0.274 e. The minimum absolute atomic E-state index is 0.451. The van der Waals surface area contributed by atoms with Crippen LogP contribution < -0.4 is 0 Å². The molecule has 2 rings (SSSR count). The molecule has 0 N–H and O–H groups in total. The van der Waals surface area contributed by atoms with E-state index in [0.29, 0.717) is 5.69 Å². The Kier molecular flexibility index (Phi) is 1.83. The molecule has 0 spiro atoms. The molecule has 0 aromatic carbocycles. The van der Waals surface area contributed by atoms with Crippen LogP contribution in [0.2, 0.25) is 0 Å². The second-order valence-corrected chi connectivity index (χ2v) is 3.43. The maximum atomic E-state index is 8.79.